The molecule has 1 aliphatic rings. The Kier molecular flexibility index (Phi) is 7.09. The number of methoxy groups -OCH3 is 1. The highest BCUT2D eigenvalue weighted by Crippen LogP contribution is 2.26. The Hall–Kier alpha value is -1.90. The van der Waals surface area contributed by atoms with E-state index in [0.29, 0.717) is 36.7 Å². The van der Waals surface area contributed by atoms with E-state index in [2.05, 4.69) is 5.32 Å². The summed E-state index contributed by atoms with van der Waals surface area (Å²) in [6.45, 7) is 1.41. The minimum absolute atomic E-state index is 0.0305. The third-order valence-corrected chi connectivity index (χ3v) is 8.29. The Morgan fingerprint density at radius 2 is 1.93 bits per heavy atom. The maximum atomic E-state index is 12.5. The van der Waals surface area contributed by atoms with E-state index in [1.807, 2.05) is 24.3 Å². The van der Waals surface area contributed by atoms with Gasteiger partial charge in [0.25, 0.3) is 10.0 Å². The quantitative estimate of drug-likeness (QED) is 0.664. The van der Waals surface area contributed by atoms with Crippen molar-refractivity contribution in [2.24, 2.45) is 5.92 Å². The second-order valence-corrected chi connectivity index (χ2v) is 9.97. The molecule has 0 unspecified atom stereocenters. The van der Waals surface area contributed by atoms with Crippen molar-refractivity contribution in [1.29, 1.82) is 0 Å². The second kappa shape index (κ2) is 9.54. The molecule has 0 aliphatic carbocycles. The van der Waals surface area contributed by atoms with Gasteiger partial charge in [-0.1, -0.05) is 18.2 Å². The smallest absolute Gasteiger partial charge is 0.252 e. The van der Waals surface area contributed by atoms with E-state index in [1.165, 1.54) is 21.2 Å². The van der Waals surface area contributed by atoms with Crippen LogP contribution in [0.1, 0.15) is 24.8 Å². The van der Waals surface area contributed by atoms with Gasteiger partial charge in [0, 0.05) is 25.6 Å². The summed E-state index contributed by atoms with van der Waals surface area (Å²) in [5, 5.41) is 4.76. The van der Waals surface area contributed by atoms with Crippen molar-refractivity contribution >= 4 is 27.3 Å². The predicted molar refractivity (Wildman–Crippen MR) is 110 cm³/mol. The lowest BCUT2D eigenvalue weighted by atomic mass is 9.97. The van der Waals surface area contributed by atoms with Crippen molar-refractivity contribution in [3.05, 3.63) is 47.3 Å². The summed E-state index contributed by atoms with van der Waals surface area (Å²) in [4.78, 5) is 12.4. The van der Waals surface area contributed by atoms with Gasteiger partial charge in [0.15, 0.2) is 0 Å². The molecule has 1 amide bonds. The summed E-state index contributed by atoms with van der Waals surface area (Å²) in [6.07, 6.45) is 2.88. The Bertz CT molecular complexity index is 856. The first-order valence-corrected chi connectivity index (χ1v) is 11.8. The number of aryl methyl sites for hydroxylation is 1. The molecule has 152 valence electrons. The summed E-state index contributed by atoms with van der Waals surface area (Å²) in [5.74, 6) is 0.753. The van der Waals surface area contributed by atoms with Gasteiger partial charge in [0.1, 0.15) is 9.96 Å². The standard InChI is InChI=1S/C20H26N2O4S2/c1-26-18-8-6-16(7-9-18)4-2-12-21-20(23)17-10-13-22(14-11-17)28(24,25)19-5-3-15-27-19/h3,5-9,15,17H,2,4,10-14H2,1H3,(H,21,23). The van der Waals surface area contributed by atoms with Crippen LogP contribution < -0.4 is 10.1 Å². The van der Waals surface area contributed by atoms with Gasteiger partial charge in [0.2, 0.25) is 5.91 Å². The first kappa shape index (κ1) is 20.8. The third-order valence-electron chi connectivity index (χ3n) is 5.01. The zero-order valence-electron chi connectivity index (χ0n) is 16.0. The molecule has 28 heavy (non-hydrogen) atoms. The number of amides is 1. The molecule has 1 N–H and O–H groups in total. The fourth-order valence-corrected chi connectivity index (χ4v) is 5.95. The van der Waals surface area contributed by atoms with Crippen LogP contribution >= 0.6 is 11.3 Å². The molecule has 1 fully saturated rings. The van der Waals surface area contributed by atoms with E-state index in [9.17, 15) is 13.2 Å². The van der Waals surface area contributed by atoms with Crippen LogP contribution in [-0.2, 0) is 21.2 Å². The number of thiophene rings is 1. The zero-order chi connectivity index (χ0) is 20.0. The summed E-state index contributed by atoms with van der Waals surface area (Å²) in [7, 11) is -1.77. The molecule has 2 heterocycles. The molecule has 1 aliphatic heterocycles. The number of ether oxygens (including phenoxy) is 1. The van der Waals surface area contributed by atoms with Gasteiger partial charge >= 0.3 is 0 Å². The number of nitrogens with one attached hydrogen (secondary N) is 1. The average Bonchev–Trinajstić information content (AvgIpc) is 3.27. The fraction of sp³-hybridized carbons (Fsp3) is 0.450. The minimum atomic E-state index is -3.41. The van der Waals surface area contributed by atoms with Gasteiger partial charge < -0.3 is 10.1 Å². The molecule has 0 spiro atoms. The van der Waals surface area contributed by atoms with Crippen LogP contribution in [0.3, 0.4) is 0 Å². The fourth-order valence-electron chi connectivity index (χ4n) is 3.34. The van der Waals surface area contributed by atoms with Crippen LogP contribution in [0, 0.1) is 5.92 Å². The van der Waals surface area contributed by atoms with Gasteiger partial charge in [-0.15, -0.1) is 11.3 Å². The first-order chi connectivity index (χ1) is 13.5. The molecule has 3 rings (SSSR count). The van der Waals surface area contributed by atoms with E-state index in [0.717, 1.165) is 18.6 Å². The summed E-state index contributed by atoms with van der Waals surface area (Å²) < 4.78 is 32.1. The molecule has 0 atom stereocenters. The molecule has 0 radical (unpaired) electrons. The molecule has 6 nitrogen and oxygen atoms in total. The molecule has 1 aromatic heterocycles. The Labute approximate surface area is 170 Å². The van der Waals surface area contributed by atoms with Gasteiger partial charge in [-0.05, 0) is 54.8 Å². The SMILES string of the molecule is COc1ccc(CCCNC(=O)C2CCN(S(=O)(=O)c3cccs3)CC2)cc1. The van der Waals surface area contributed by atoms with Crippen LogP contribution in [0.15, 0.2) is 46.0 Å². The normalized spacial score (nSPS) is 16.0. The molecule has 2 aromatic rings. The number of carbonyl (C=O) groups excluding carboxylic acids is 1. The number of carbonyl (C=O) groups is 1. The lowest BCUT2D eigenvalue weighted by Crippen LogP contribution is -2.43. The van der Waals surface area contributed by atoms with E-state index in [1.54, 1.807) is 24.6 Å². The van der Waals surface area contributed by atoms with E-state index in [4.69, 9.17) is 4.74 Å². The van der Waals surface area contributed by atoms with Crippen LogP contribution in [0.5, 0.6) is 5.75 Å². The zero-order valence-corrected chi connectivity index (χ0v) is 17.6. The number of nitrogens with zero attached hydrogens (tertiary/aromatic N) is 1. The van der Waals surface area contributed by atoms with E-state index in [-0.39, 0.29) is 11.8 Å². The van der Waals surface area contributed by atoms with Crippen molar-refractivity contribution in [3.63, 3.8) is 0 Å². The highest BCUT2D eigenvalue weighted by molar-refractivity contribution is 7.91. The topological polar surface area (TPSA) is 75.7 Å². The number of piperidine rings is 1. The molecular weight excluding hydrogens is 396 g/mol. The maximum absolute atomic E-state index is 12.5. The number of sulfonamides is 1. The highest BCUT2D eigenvalue weighted by Gasteiger charge is 2.32. The first-order valence-electron chi connectivity index (χ1n) is 9.45. The van der Waals surface area contributed by atoms with Gasteiger partial charge in [-0.2, -0.15) is 4.31 Å². The molecule has 0 saturated carbocycles. The summed E-state index contributed by atoms with van der Waals surface area (Å²) in [5.41, 5.74) is 1.21. The van der Waals surface area contributed by atoms with Crippen LogP contribution in [-0.4, -0.2) is 45.4 Å². The third kappa shape index (κ3) is 5.12. The largest absolute Gasteiger partial charge is 0.497 e. The Balaban J connectivity index is 1.39. The molecule has 1 aromatic carbocycles. The van der Waals surface area contributed by atoms with Crippen molar-refractivity contribution in [1.82, 2.24) is 9.62 Å². The van der Waals surface area contributed by atoms with Gasteiger partial charge in [-0.25, -0.2) is 8.42 Å². The van der Waals surface area contributed by atoms with E-state index < -0.39 is 10.0 Å². The molecular formula is C20H26N2O4S2. The minimum Gasteiger partial charge on any atom is -0.497 e. The number of rotatable bonds is 8. The molecule has 0 bridgehead atoms. The van der Waals surface area contributed by atoms with Gasteiger partial charge in [0.05, 0.1) is 7.11 Å². The lowest BCUT2D eigenvalue weighted by molar-refractivity contribution is -0.126. The maximum Gasteiger partial charge on any atom is 0.252 e. The Morgan fingerprint density at radius 3 is 2.54 bits per heavy atom. The number of hydrogen-bond acceptors (Lipinski definition) is 5. The average molecular weight is 423 g/mol. The number of hydrogen-bond donors (Lipinski definition) is 1. The monoisotopic (exact) mass is 422 g/mol. The predicted octanol–water partition coefficient (Wildman–Crippen LogP) is 2.91. The molecule has 1 saturated heterocycles. The second-order valence-electron chi connectivity index (χ2n) is 6.85. The van der Waals surface area contributed by atoms with Crippen molar-refractivity contribution in [2.45, 2.75) is 29.9 Å². The van der Waals surface area contributed by atoms with Crippen LogP contribution in [0.25, 0.3) is 0 Å². The highest BCUT2D eigenvalue weighted by atomic mass is 32.2. The van der Waals surface area contributed by atoms with Crippen molar-refractivity contribution in [2.75, 3.05) is 26.7 Å². The number of benzene rings is 1. The summed E-state index contributed by atoms with van der Waals surface area (Å²) >= 11 is 1.23. The molecule has 8 heteroatoms. The van der Waals surface area contributed by atoms with Gasteiger partial charge in [-0.3, -0.25) is 4.79 Å². The van der Waals surface area contributed by atoms with Crippen molar-refractivity contribution in [3.8, 4) is 5.75 Å². The lowest BCUT2D eigenvalue weighted by Gasteiger charge is -2.30. The Morgan fingerprint density at radius 1 is 1.21 bits per heavy atom. The van der Waals surface area contributed by atoms with Crippen LogP contribution in [0.4, 0.5) is 0 Å². The van der Waals surface area contributed by atoms with Crippen LogP contribution in [0.2, 0.25) is 0 Å². The van der Waals surface area contributed by atoms with E-state index >= 15 is 0 Å². The summed E-state index contributed by atoms with van der Waals surface area (Å²) in [6, 6.07) is 11.3. The van der Waals surface area contributed by atoms with Crippen molar-refractivity contribution < 1.29 is 17.9 Å².